The average Bonchev–Trinajstić information content (AvgIpc) is 3.39. The number of alkyl halides is 4. The first kappa shape index (κ1) is 26.7. The topological polar surface area (TPSA) is 110 Å². The molecule has 0 radical (unpaired) electrons. The third-order valence-corrected chi connectivity index (χ3v) is 6.40. The minimum atomic E-state index is -4.79. The quantitative estimate of drug-likeness (QED) is 0.238. The van der Waals surface area contributed by atoms with Crippen molar-refractivity contribution in [2.45, 2.75) is 25.8 Å². The van der Waals surface area contributed by atoms with Crippen LogP contribution < -0.4 is 10.6 Å². The van der Waals surface area contributed by atoms with E-state index in [9.17, 15) is 31.5 Å². The number of aromatic nitrogens is 4. The Morgan fingerprint density at radius 1 is 1.05 bits per heavy atom. The van der Waals surface area contributed by atoms with Crippen molar-refractivity contribution in [3.63, 3.8) is 0 Å². The maximum atomic E-state index is 14.0. The van der Waals surface area contributed by atoms with Gasteiger partial charge in [-0.2, -0.15) is 17.6 Å². The zero-order valence-electron chi connectivity index (χ0n) is 19.4. The van der Waals surface area contributed by atoms with E-state index in [2.05, 4.69) is 30.6 Å². The molecule has 4 rings (SSSR count). The number of pyridine rings is 1. The lowest BCUT2D eigenvalue weighted by atomic mass is 10.1. The number of nitrogens with zero attached hydrogens (tertiary/aromatic N) is 4. The van der Waals surface area contributed by atoms with Crippen LogP contribution >= 0.6 is 11.3 Å². The number of anilines is 1. The van der Waals surface area contributed by atoms with Crippen molar-refractivity contribution >= 4 is 28.8 Å². The van der Waals surface area contributed by atoms with Gasteiger partial charge in [0.2, 0.25) is 5.95 Å². The third-order valence-electron chi connectivity index (χ3n) is 5.22. The van der Waals surface area contributed by atoms with Crippen LogP contribution in [0.1, 0.15) is 49.3 Å². The highest BCUT2D eigenvalue weighted by atomic mass is 32.1. The van der Waals surface area contributed by atoms with Crippen LogP contribution in [0.3, 0.4) is 0 Å². The third kappa shape index (κ3) is 5.96. The van der Waals surface area contributed by atoms with Gasteiger partial charge in [0.1, 0.15) is 28.6 Å². The number of carbonyl (C=O) groups is 2. The van der Waals surface area contributed by atoms with Crippen LogP contribution in [0.15, 0.2) is 55.1 Å². The van der Waals surface area contributed by atoms with Crippen molar-refractivity contribution in [2.75, 3.05) is 5.32 Å². The van der Waals surface area contributed by atoms with Gasteiger partial charge in [-0.1, -0.05) is 6.07 Å². The SMILES string of the molecule is CC(NC(=O)c1cc(-c2cccnc2F)ncn1)c1ncc(C(=O)Nc2ccc(CF)c(C(F)(F)F)c2)s1. The lowest BCUT2D eigenvalue weighted by Gasteiger charge is -2.13. The number of halogens is 5. The number of nitrogens with one attached hydrogen (secondary N) is 2. The Labute approximate surface area is 216 Å². The highest BCUT2D eigenvalue weighted by Crippen LogP contribution is 2.34. The second kappa shape index (κ2) is 11.0. The second-order valence-electron chi connectivity index (χ2n) is 7.85. The van der Waals surface area contributed by atoms with Crippen molar-refractivity contribution in [3.05, 3.63) is 87.8 Å². The zero-order valence-corrected chi connectivity index (χ0v) is 20.2. The smallest absolute Gasteiger partial charge is 0.342 e. The highest BCUT2D eigenvalue weighted by Gasteiger charge is 2.33. The minimum Gasteiger partial charge on any atom is -0.342 e. The molecule has 2 amide bonds. The van der Waals surface area contributed by atoms with Gasteiger partial charge in [-0.3, -0.25) is 9.59 Å². The molecule has 8 nitrogen and oxygen atoms in total. The summed E-state index contributed by atoms with van der Waals surface area (Å²) >= 11 is 0.914. The molecule has 4 aromatic rings. The van der Waals surface area contributed by atoms with Crippen molar-refractivity contribution in [1.29, 1.82) is 0 Å². The molecule has 0 aliphatic carbocycles. The van der Waals surface area contributed by atoms with E-state index in [1.54, 1.807) is 6.92 Å². The van der Waals surface area contributed by atoms with Crippen LogP contribution in [-0.2, 0) is 12.9 Å². The van der Waals surface area contributed by atoms with Crippen LogP contribution in [-0.4, -0.2) is 31.8 Å². The Morgan fingerprint density at radius 3 is 2.55 bits per heavy atom. The first-order valence-electron chi connectivity index (χ1n) is 10.8. The number of hydrogen-bond acceptors (Lipinski definition) is 7. The minimum absolute atomic E-state index is 0.0446. The van der Waals surface area contributed by atoms with E-state index >= 15 is 0 Å². The van der Waals surface area contributed by atoms with Crippen molar-refractivity contribution < 1.29 is 31.5 Å². The molecule has 0 saturated carbocycles. The molecule has 0 aliphatic rings. The molecule has 14 heteroatoms. The van der Waals surface area contributed by atoms with Gasteiger partial charge in [-0.25, -0.2) is 24.3 Å². The van der Waals surface area contributed by atoms with Gasteiger partial charge in [0.15, 0.2) is 0 Å². The Morgan fingerprint density at radius 2 is 1.84 bits per heavy atom. The zero-order chi connectivity index (χ0) is 27.4. The lowest BCUT2D eigenvalue weighted by Crippen LogP contribution is -2.27. The predicted octanol–water partition coefficient (Wildman–Crippen LogP) is 5.37. The van der Waals surface area contributed by atoms with E-state index in [0.717, 1.165) is 23.7 Å². The van der Waals surface area contributed by atoms with E-state index in [1.807, 2.05) is 0 Å². The molecule has 2 N–H and O–H groups in total. The van der Waals surface area contributed by atoms with Crippen molar-refractivity contribution in [3.8, 4) is 11.3 Å². The molecule has 0 saturated heterocycles. The Balaban J connectivity index is 1.44. The number of benzene rings is 1. The van der Waals surface area contributed by atoms with E-state index < -0.39 is 47.8 Å². The Hall–Kier alpha value is -4.33. The summed E-state index contributed by atoms with van der Waals surface area (Å²) < 4.78 is 66.4. The van der Waals surface area contributed by atoms with E-state index in [-0.39, 0.29) is 27.5 Å². The molecule has 1 atom stereocenters. The van der Waals surface area contributed by atoms with Crippen LogP contribution in [0.25, 0.3) is 11.3 Å². The number of amides is 2. The monoisotopic (exact) mass is 548 g/mol. The summed E-state index contributed by atoms with van der Waals surface area (Å²) in [5.74, 6) is -2.10. The summed E-state index contributed by atoms with van der Waals surface area (Å²) in [6.45, 7) is 0.300. The molecule has 0 aliphatic heterocycles. The first-order chi connectivity index (χ1) is 18.1. The average molecular weight is 548 g/mol. The second-order valence-corrected chi connectivity index (χ2v) is 8.91. The van der Waals surface area contributed by atoms with Crippen molar-refractivity contribution in [2.24, 2.45) is 0 Å². The van der Waals surface area contributed by atoms with Gasteiger partial charge in [0.05, 0.1) is 29.1 Å². The van der Waals surface area contributed by atoms with Crippen molar-refractivity contribution in [1.82, 2.24) is 25.3 Å². The van der Waals surface area contributed by atoms with Gasteiger partial charge < -0.3 is 10.6 Å². The molecular weight excluding hydrogens is 531 g/mol. The number of rotatable bonds is 7. The molecule has 0 fully saturated rings. The van der Waals surface area contributed by atoms with Gasteiger partial charge in [0.25, 0.3) is 11.8 Å². The van der Waals surface area contributed by atoms with E-state index in [4.69, 9.17) is 0 Å². The standard InChI is InChI=1S/C24H17F5N6O2S/c1-12(34-21(36)18-8-17(32-11-33-18)15-3-2-6-30-20(15)26)23-31-10-19(38-23)22(37)35-14-5-4-13(9-25)16(7-14)24(27,28)29/h2-8,10-12H,9H2,1H3,(H,34,36)(H,35,37). The largest absolute Gasteiger partial charge is 0.416 e. The van der Waals surface area contributed by atoms with E-state index in [1.165, 1.54) is 36.7 Å². The Kier molecular flexibility index (Phi) is 7.71. The Bertz CT molecular complexity index is 1490. The van der Waals surface area contributed by atoms with Gasteiger partial charge >= 0.3 is 6.18 Å². The lowest BCUT2D eigenvalue weighted by molar-refractivity contribution is -0.138. The van der Waals surface area contributed by atoms with Gasteiger partial charge in [-0.15, -0.1) is 11.3 Å². The number of carbonyl (C=O) groups excluding carboxylic acids is 2. The first-order valence-corrected chi connectivity index (χ1v) is 11.7. The summed E-state index contributed by atoms with van der Waals surface area (Å²) in [5.41, 5.74) is -1.68. The molecule has 1 unspecified atom stereocenters. The van der Waals surface area contributed by atoms with Crippen LogP contribution in [0.2, 0.25) is 0 Å². The maximum absolute atomic E-state index is 14.0. The fourth-order valence-corrected chi connectivity index (χ4v) is 4.17. The molecule has 196 valence electrons. The molecular formula is C24H17F5N6O2S. The van der Waals surface area contributed by atoms with Crippen LogP contribution in [0, 0.1) is 5.95 Å². The maximum Gasteiger partial charge on any atom is 0.416 e. The van der Waals surface area contributed by atoms with Gasteiger partial charge in [0, 0.05) is 11.9 Å². The molecule has 0 spiro atoms. The number of hydrogen-bond donors (Lipinski definition) is 2. The molecule has 3 aromatic heterocycles. The van der Waals surface area contributed by atoms with Crippen LogP contribution in [0.4, 0.5) is 27.6 Å². The summed E-state index contributed by atoms with van der Waals surface area (Å²) in [6.07, 6.45) is -1.19. The molecule has 3 heterocycles. The summed E-state index contributed by atoms with van der Waals surface area (Å²) in [7, 11) is 0. The normalized spacial score (nSPS) is 12.2. The molecule has 0 bridgehead atoms. The van der Waals surface area contributed by atoms with E-state index in [0.29, 0.717) is 11.1 Å². The molecule has 1 aromatic carbocycles. The summed E-state index contributed by atoms with van der Waals surface area (Å²) in [5, 5.41) is 5.33. The number of thiazole rings is 1. The highest BCUT2D eigenvalue weighted by molar-refractivity contribution is 7.13. The molecule has 38 heavy (non-hydrogen) atoms. The fraction of sp³-hybridized carbons (Fsp3) is 0.167. The van der Waals surface area contributed by atoms with Gasteiger partial charge in [-0.05, 0) is 42.8 Å². The fourth-order valence-electron chi connectivity index (χ4n) is 3.36. The summed E-state index contributed by atoms with van der Waals surface area (Å²) in [4.78, 5) is 40.9. The van der Waals surface area contributed by atoms with Crippen LogP contribution in [0.5, 0.6) is 0 Å². The summed E-state index contributed by atoms with van der Waals surface area (Å²) in [6, 6.07) is 6.37. The predicted molar refractivity (Wildman–Crippen MR) is 127 cm³/mol.